The molecule has 0 aliphatic heterocycles. The van der Waals surface area contributed by atoms with Crippen LogP contribution in [0.3, 0.4) is 0 Å². The van der Waals surface area contributed by atoms with E-state index < -0.39 is 0 Å². The molecule has 0 saturated heterocycles. The third-order valence-electron chi connectivity index (χ3n) is 3.42. The van der Waals surface area contributed by atoms with Crippen LogP contribution in [-0.4, -0.2) is 4.98 Å². The molecular weight excluding hydrogens is 391 g/mol. The summed E-state index contributed by atoms with van der Waals surface area (Å²) in [6.45, 7) is 13.1. The molecule has 0 spiro atoms. The molecule has 0 aliphatic rings. The first-order chi connectivity index (χ1) is 9.68. The number of nitrogens with zero attached hydrogens (tertiary/aromatic N) is 1. The number of thiazole rings is 1. The number of rotatable bonds is 3. The van der Waals surface area contributed by atoms with Crippen molar-refractivity contribution >= 4 is 39.6 Å². The molecule has 1 heterocycles. The van der Waals surface area contributed by atoms with Gasteiger partial charge in [0.15, 0.2) is 0 Å². The lowest BCUT2D eigenvalue weighted by molar-refractivity contribution is 0.584. The lowest BCUT2D eigenvalue weighted by Gasteiger charge is -2.16. The fraction of sp³-hybridized carbons (Fsp3) is 0.471. The molecule has 1 aromatic carbocycles. The van der Waals surface area contributed by atoms with E-state index in [9.17, 15) is 0 Å². The first-order valence-electron chi connectivity index (χ1n) is 7.19. The molecule has 1 atom stereocenters. The fourth-order valence-corrected chi connectivity index (χ4v) is 3.77. The van der Waals surface area contributed by atoms with Gasteiger partial charge in [0.1, 0.15) is 0 Å². The summed E-state index contributed by atoms with van der Waals surface area (Å²) in [7, 11) is 0. The van der Waals surface area contributed by atoms with Crippen LogP contribution < -0.4 is 5.32 Å². The van der Waals surface area contributed by atoms with Crippen molar-refractivity contribution in [3.05, 3.63) is 42.9 Å². The molecule has 1 unspecified atom stereocenters. The van der Waals surface area contributed by atoms with Gasteiger partial charge in [-0.15, -0.1) is 11.3 Å². The standard InChI is InChI=1S/C17H23IN2S/c1-10-7-8-13(9-14(10)18)19-11(2)15-12(3)20-16(21-15)17(4,5)6/h7-9,11,19H,1-6H3. The summed E-state index contributed by atoms with van der Waals surface area (Å²) in [5.74, 6) is 0. The highest BCUT2D eigenvalue weighted by atomic mass is 127. The zero-order valence-corrected chi connectivity index (χ0v) is 16.5. The van der Waals surface area contributed by atoms with Crippen LogP contribution in [0, 0.1) is 17.4 Å². The average molecular weight is 414 g/mol. The molecule has 1 N–H and O–H groups in total. The van der Waals surface area contributed by atoms with Crippen LogP contribution in [0.25, 0.3) is 0 Å². The van der Waals surface area contributed by atoms with E-state index >= 15 is 0 Å². The van der Waals surface area contributed by atoms with E-state index in [-0.39, 0.29) is 11.5 Å². The number of nitrogens with one attached hydrogen (secondary N) is 1. The Balaban J connectivity index is 2.22. The average Bonchev–Trinajstić information content (AvgIpc) is 2.76. The van der Waals surface area contributed by atoms with E-state index in [0.717, 1.165) is 5.69 Å². The summed E-state index contributed by atoms with van der Waals surface area (Å²) in [6.07, 6.45) is 0. The molecule has 1 aromatic heterocycles. The second-order valence-electron chi connectivity index (χ2n) is 6.55. The molecule has 2 aromatic rings. The summed E-state index contributed by atoms with van der Waals surface area (Å²) in [5.41, 5.74) is 3.75. The number of anilines is 1. The van der Waals surface area contributed by atoms with Gasteiger partial charge in [0, 0.05) is 19.5 Å². The number of hydrogen-bond acceptors (Lipinski definition) is 3. The van der Waals surface area contributed by atoms with E-state index in [1.165, 1.54) is 24.7 Å². The predicted molar refractivity (Wildman–Crippen MR) is 101 cm³/mol. The molecule has 2 nitrogen and oxygen atoms in total. The van der Waals surface area contributed by atoms with Gasteiger partial charge in [-0.2, -0.15) is 0 Å². The summed E-state index contributed by atoms with van der Waals surface area (Å²) in [4.78, 5) is 6.08. The molecule has 0 aliphatic carbocycles. The normalized spacial score (nSPS) is 13.3. The van der Waals surface area contributed by atoms with Crippen molar-refractivity contribution in [1.82, 2.24) is 4.98 Å². The van der Waals surface area contributed by atoms with Gasteiger partial charge in [0.05, 0.1) is 16.7 Å². The first kappa shape index (κ1) is 16.7. The Morgan fingerprint density at radius 1 is 1.24 bits per heavy atom. The minimum atomic E-state index is 0.118. The Kier molecular flexibility index (Phi) is 4.98. The molecule has 0 amide bonds. The van der Waals surface area contributed by atoms with Crippen LogP contribution >= 0.6 is 33.9 Å². The Hall–Kier alpha value is -0.620. The lowest BCUT2D eigenvalue weighted by atomic mass is 9.98. The van der Waals surface area contributed by atoms with Gasteiger partial charge in [-0.25, -0.2) is 4.98 Å². The zero-order valence-electron chi connectivity index (χ0n) is 13.5. The minimum absolute atomic E-state index is 0.118. The van der Waals surface area contributed by atoms with Crippen molar-refractivity contribution in [3.63, 3.8) is 0 Å². The first-order valence-corrected chi connectivity index (χ1v) is 9.08. The van der Waals surface area contributed by atoms with Gasteiger partial charge < -0.3 is 5.32 Å². The highest BCUT2D eigenvalue weighted by Crippen LogP contribution is 2.34. The number of hydrogen-bond donors (Lipinski definition) is 1. The topological polar surface area (TPSA) is 24.9 Å². The Morgan fingerprint density at radius 2 is 1.90 bits per heavy atom. The summed E-state index contributed by atoms with van der Waals surface area (Å²) < 4.78 is 1.29. The smallest absolute Gasteiger partial charge is 0.0985 e. The van der Waals surface area contributed by atoms with E-state index in [0.29, 0.717) is 0 Å². The van der Waals surface area contributed by atoms with Crippen LogP contribution in [0.5, 0.6) is 0 Å². The second-order valence-corrected chi connectivity index (χ2v) is 8.74. The van der Waals surface area contributed by atoms with Crippen molar-refractivity contribution in [2.45, 2.75) is 53.0 Å². The quantitative estimate of drug-likeness (QED) is 0.639. The molecule has 0 saturated carbocycles. The van der Waals surface area contributed by atoms with Gasteiger partial charge in [-0.3, -0.25) is 0 Å². The monoisotopic (exact) mass is 414 g/mol. The summed E-state index contributed by atoms with van der Waals surface area (Å²) in [5, 5.41) is 4.81. The van der Waals surface area contributed by atoms with Gasteiger partial charge in [0.2, 0.25) is 0 Å². The van der Waals surface area contributed by atoms with Gasteiger partial charge in [-0.05, 0) is 61.1 Å². The summed E-state index contributed by atoms with van der Waals surface area (Å²) >= 11 is 4.21. The third-order valence-corrected chi connectivity index (χ3v) is 6.35. The van der Waals surface area contributed by atoms with E-state index in [1.807, 2.05) is 11.3 Å². The van der Waals surface area contributed by atoms with Gasteiger partial charge in [0.25, 0.3) is 0 Å². The number of aryl methyl sites for hydroxylation is 2. The maximum atomic E-state index is 4.75. The Bertz CT molecular complexity index is 641. The van der Waals surface area contributed by atoms with Crippen LogP contribution in [0.2, 0.25) is 0 Å². The number of benzene rings is 1. The van der Waals surface area contributed by atoms with Crippen molar-refractivity contribution in [2.75, 3.05) is 5.32 Å². The summed E-state index contributed by atoms with van der Waals surface area (Å²) in [6, 6.07) is 6.79. The van der Waals surface area contributed by atoms with E-state index in [1.54, 1.807) is 0 Å². The second kappa shape index (κ2) is 6.24. The molecule has 4 heteroatoms. The number of aromatic nitrogens is 1. The van der Waals surface area contributed by atoms with E-state index in [4.69, 9.17) is 4.98 Å². The zero-order chi connectivity index (χ0) is 15.8. The molecule has 114 valence electrons. The molecule has 2 rings (SSSR count). The molecule has 0 radical (unpaired) electrons. The molecule has 21 heavy (non-hydrogen) atoms. The van der Waals surface area contributed by atoms with Crippen LogP contribution in [0.4, 0.5) is 5.69 Å². The molecule has 0 fully saturated rings. The Morgan fingerprint density at radius 3 is 2.43 bits per heavy atom. The van der Waals surface area contributed by atoms with E-state index in [2.05, 4.69) is 87.6 Å². The van der Waals surface area contributed by atoms with Crippen LogP contribution in [-0.2, 0) is 5.41 Å². The highest BCUT2D eigenvalue weighted by molar-refractivity contribution is 14.1. The fourth-order valence-electron chi connectivity index (χ4n) is 2.13. The maximum absolute atomic E-state index is 4.75. The largest absolute Gasteiger partial charge is 0.378 e. The predicted octanol–water partition coefficient (Wildman–Crippen LogP) is 5.84. The third kappa shape index (κ3) is 3.97. The van der Waals surface area contributed by atoms with Gasteiger partial charge in [-0.1, -0.05) is 26.8 Å². The SMILES string of the molecule is Cc1ccc(NC(C)c2sc(C(C)(C)C)nc2C)cc1I. The molecule has 0 bridgehead atoms. The molecular formula is C17H23IN2S. The van der Waals surface area contributed by atoms with Crippen molar-refractivity contribution < 1.29 is 0 Å². The lowest BCUT2D eigenvalue weighted by Crippen LogP contribution is -2.10. The van der Waals surface area contributed by atoms with Crippen molar-refractivity contribution in [1.29, 1.82) is 0 Å². The van der Waals surface area contributed by atoms with Crippen molar-refractivity contribution in [3.8, 4) is 0 Å². The van der Waals surface area contributed by atoms with Crippen LogP contribution in [0.15, 0.2) is 18.2 Å². The highest BCUT2D eigenvalue weighted by Gasteiger charge is 2.22. The number of halogens is 1. The van der Waals surface area contributed by atoms with Gasteiger partial charge >= 0.3 is 0 Å². The maximum Gasteiger partial charge on any atom is 0.0985 e. The van der Waals surface area contributed by atoms with Crippen LogP contribution in [0.1, 0.15) is 54.9 Å². The Labute approximate surface area is 145 Å². The van der Waals surface area contributed by atoms with Crippen molar-refractivity contribution in [2.24, 2.45) is 0 Å². The minimum Gasteiger partial charge on any atom is -0.378 e.